The predicted octanol–water partition coefficient (Wildman–Crippen LogP) is 4.41. The fraction of sp³-hybridized carbons (Fsp3) is 0.238. The molecule has 0 spiro atoms. The van der Waals surface area contributed by atoms with E-state index >= 15 is 0 Å². The van der Waals surface area contributed by atoms with Crippen LogP contribution >= 0.6 is 0 Å². The Kier molecular flexibility index (Phi) is 5.91. The van der Waals surface area contributed by atoms with Crippen LogP contribution in [-0.2, 0) is 6.18 Å². The summed E-state index contributed by atoms with van der Waals surface area (Å²) in [5.74, 6) is 0.469. The third kappa shape index (κ3) is 4.59. The standard InChI is InChI=1S/C21H19F3N2O3/c1-26(11-12-29-15-9-7-14(28-2)8-10-15)20(27)17-13-25-18-6-4-3-5-16(18)19(17)21(22,23)24/h3-10,13H,11-12H2,1-2H3. The summed E-state index contributed by atoms with van der Waals surface area (Å²) in [6.45, 7) is 0.228. The molecule has 0 saturated carbocycles. The third-order valence-corrected chi connectivity index (χ3v) is 4.39. The lowest BCUT2D eigenvalue weighted by Crippen LogP contribution is -2.32. The van der Waals surface area contributed by atoms with E-state index in [2.05, 4.69) is 4.98 Å². The first-order valence-corrected chi connectivity index (χ1v) is 8.78. The Balaban J connectivity index is 1.76. The highest BCUT2D eigenvalue weighted by molar-refractivity contribution is 6.00. The highest BCUT2D eigenvalue weighted by Gasteiger charge is 2.38. The number of benzene rings is 2. The molecule has 8 heteroatoms. The molecule has 0 unspecified atom stereocenters. The quantitative estimate of drug-likeness (QED) is 0.611. The maximum atomic E-state index is 13.7. The molecule has 0 bridgehead atoms. The van der Waals surface area contributed by atoms with Gasteiger partial charge in [-0.15, -0.1) is 0 Å². The topological polar surface area (TPSA) is 51.7 Å². The highest BCUT2D eigenvalue weighted by atomic mass is 19.4. The molecule has 29 heavy (non-hydrogen) atoms. The number of rotatable bonds is 6. The summed E-state index contributed by atoms with van der Waals surface area (Å²) >= 11 is 0. The van der Waals surface area contributed by atoms with Gasteiger partial charge in [0.2, 0.25) is 0 Å². The number of halogens is 3. The zero-order valence-corrected chi connectivity index (χ0v) is 15.9. The highest BCUT2D eigenvalue weighted by Crippen LogP contribution is 2.37. The lowest BCUT2D eigenvalue weighted by atomic mass is 10.0. The molecule has 2 aromatic carbocycles. The predicted molar refractivity (Wildman–Crippen MR) is 102 cm³/mol. The van der Waals surface area contributed by atoms with E-state index in [-0.39, 0.29) is 24.1 Å². The number of fused-ring (bicyclic) bond motifs is 1. The van der Waals surface area contributed by atoms with Crippen LogP contribution in [0.25, 0.3) is 10.9 Å². The first kappa shape index (κ1) is 20.4. The number of para-hydroxylation sites is 1. The molecule has 5 nitrogen and oxygen atoms in total. The molecule has 1 amide bonds. The Labute approximate surface area is 165 Å². The zero-order chi connectivity index (χ0) is 21.0. The minimum Gasteiger partial charge on any atom is -0.497 e. The zero-order valence-electron chi connectivity index (χ0n) is 15.9. The van der Waals surface area contributed by atoms with Gasteiger partial charge in [-0.3, -0.25) is 9.78 Å². The van der Waals surface area contributed by atoms with E-state index in [1.165, 1.54) is 30.1 Å². The number of likely N-dealkylation sites (N-methyl/N-ethyl adjacent to an activating group) is 1. The average Bonchev–Trinajstić information content (AvgIpc) is 2.72. The number of amides is 1. The number of hydrogen-bond donors (Lipinski definition) is 0. The van der Waals surface area contributed by atoms with Crippen LogP contribution in [0.3, 0.4) is 0 Å². The SMILES string of the molecule is COc1ccc(OCCN(C)C(=O)c2cnc3ccccc3c2C(F)(F)F)cc1. The Bertz CT molecular complexity index is 1000. The van der Waals surface area contributed by atoms with Crippen molar-refractivity contribution in [3.05, 3.63) is 65.9 Å². The van der Waals surface area contributed by atoms with Crippen LogP contribution in [0.15, 0.2) is 54.7 Å². The van der Waals surface area contributed by atoms with Gasteiger partial charge in [-0.1, -0.05) is 18.2 Å². The molecular formula is C21H19F3N2O3. The monoisotopic (exact) mass is 404 g/mol. The number of carbonyl (C=O) groups excluding carboxylic acids is 1. The molecule has 152 valence electrons. The molecule has 0 aliphatic heterocycles. The molecule has 0 aliphatic rings. The molecule has 0 saturated heterocycles. The molecule has 3 aromatic rings. The average molecular weight is 404 g/mol. The van der Waals surface area contributed by atoms with Crippen molar-refractivity contribution in [2.24, 2.45) is 0 Å². The summed E-state index contributed by atoms with van der Waals surface area (Å²) in [7, 11) is 2.97. The number of ether oxygens (including phenoxy) is 2. The lowest BCUT2D eigenvalue weighted by Gasteiger charge is -2.21. The van der Waals surface area contributed by atoms with Crippen LogP contribution in [0.1, 0.15) is 15.9 Å². The first-order chi connectivity index (χ1) is 13.8. The fourth-order valence-corrected chi connectivity index (χ4v) is 2.89. The molecular weight excluding hydrogens is 385 g/mol. The number of hydrogen-bond acceptors (Lipinski definition) is 4. The van der Waals surface area contributed by atoms with Crippen molar-refractivity contribution >= 4 is 16.8 Å². The van der Waals surface area contributed by atoms with Crippen LogP contribution < -0.4 is 9.47 Å². The van der Waals surface area contributed by atoms with E-state index in [4.69, 9.17) is 9.47 Å². The molecule has 0 N–H and O–H groups in total. The Hall–Kier alpha value is -3.29. The second kappa shape index (κ2) is 8.38. The molecule has 0 fully saturated rings. The lowest BCUT2D eigenvalue weighted by molar-refractivity contribution is -0.136. The molecule has 1 heterocycles. The number of carbonyl (C=O) groups is 1. The van der Waals surface area contributed by atoms with E-state index in [0.29, 0.717) is 11.5 Å². The Morgan fingerprint density at radius 1 is 1.07 bits per heavy atom. The normalized spacial score (nSPS) is 11.3. The summed E-state index contributed by atoms with van der Waals surface area (Å²) < 4.78 is 51.7. The number of aromatic nitrogens is 1. The number of alkyl halides is 3. The number of methoxy groups -OCH3 is 1. The van der Waals surface area contributed by atoms with Crippen molar-refractivity contribution in [1.82, 2.24) is 9.88 Å². The number of nitrogens with zero attached hydrogens (tertiary/aromatic N) is 2. The van der Waals surface area contributed by atoms with Gasteiger partial charge in [-0.05, 0) is 30.3 Å². The van der Waals surface area contributed by atoms with Crippen molar-refractivity contribution in [2.45, 2.75) is 6.18 Å². The summed E-state index contributed by atoms with van der Waals surface area (Å²) in [5, 5.41) is -0.103. The second-order valence-corrected chi connectivity index (χ2v) is 6.31. The smallest absolute Gasteiger partial charge is 0.417 e. The summed E-state index contributed by atoms with van der Waals surface area (Å²) in [5.41, 5.74) is -1.28. The van der Waals surface area contributed by atoms with Crippen molar-refractivity contribution in [2.75, 3.05) is 27.3 Å². The van der Waals surface area contributed by atoms with E-state index in [0.717, 1.165) is 6.20 Å². The van der Waals surface area contributed by atoms with E-state index in [1.807, 2.05) is 0 Å². The minimum atomic E-state index is -4.69. The molecule has 0 aliphatic carbocycles. The van der Waals surface area contributed by atoms with Crippen LogP contribution in [0.2, 0.25) is 0 Å². The van der Waals surface area contributed by atoms with E-state index < -0.39 is 23.2 Å². The molecule has 1 aromatic heterocycles. The van der Waals surface area contributed by atoms with Crippen molar-refractivity contribution in [1.29, 1.82) is 0 Å². The maximum absolute atomic E-state index is 13.7. The first-order valence-electron chi connectivity index (χ1n) is 8.78. The van der Waals surface area contributed by atoms with Gasteiger partial charge >= 0.3 is 6.18 Å². The van der Waals surface area contributed by atoms with Crippen molar-refractivity contribution in [3.63, 3.8) is 0 Å². The van der Waals surface area contributed by atoms with Crippen LogP contribution in [0.4, 0.5) is 13.2 Å². The molecule has 0 atom stereocenters. The van der Waals surface area contributed by atoms with Gasteiger partial charge in [0.1, 0.15) is 18.1 Å². The van der Waals surface area contributed by atoms with Gasteiger partial charge < -0.3 is 14.4 Å². The van der Waals surface area contributed by atoms with Crippen LogP contribution in [0.5, 0.6) is 11.5 Å². The summed E-state index contributed by atoms with van der Waals surface area (Å²) in [4.78, 5) is 17.9. The minimum absolute atomic E-state index is 0.103. The Morgan fingerprint density at radius 2 is 1.72 bits per heavy atom. The Morgan fingerprint density at radius 3 is 2.38 bits per heavy atom. The van der Waals surface area contributed by atoms with Crippen LogP contribution in [0, 0.1) is 0 Å². The van der Waals surface area contributed by atoms with Gasteiger partial charge in [-0.25, -0.2) is 0 Å². The van der Waals surface area contributed by atoms with E-state index in [9.17, 15) is 18.0 Å². The third-order valence-electron chi connectivity index (χ3n) is 4.39. The summed E-state index contributed by atoms with van der Waals surface area (Å²) in [6, 6.07) is 12.7. The number of pyridine rings is 1. The molecule has 0 radical (unpaired) electrons. The maximum Gasteiger partial charge on any atom is 0.417 e. The van der Waals surface area contributed by atoms with Gasteiger partial charge in [0.05, 0.1) is 30.3 Å². The van der Waals surface area contributed by atoms with Gasteiger partial charge in [0.15, 0.2) is 0 Å². The fourth-order valence-electron chi connectivity index (χ4n) is 2.89. The summed E-state index contributed by atoms with van der Waals surface area (Å²) in [6.07, 6.45) is -3.71. The van der Waals surface area contributed by atoms with Crippen LogP contribution in [-0.4, -0.2) is 43.1 Å². The van der Waals surface area contributed by atoms with Gasteiger partial charge in [0, 0.05) is 18.6 Å². The van der Waals surface area contributed by atoms with Crippen molar-refractivity contribution < 1.29 is 27.4 Å². The second-order valence-electron chi connectivity index (χ2n) is 6.31. The van der Waals surface area contributed by atoms with Gasteiger partial charge in [-0.2, -0.15) is 13.2 Å². The van der Waals surface area contributed by atoms with Gasteiger partial charge in [0.25, 0.3) is 5.91 Å². The largest absolute Gasteiger partial charge is 0.497 e. The molecule has 3 rings (SSSR count). The van der Waals surface area contributed by atoms with Crippen molar-refractivity contribution in [3.8, 4) is 11.5 Å². The van der Waals surface area contributed by atoms with E-state index in [1.54, 1.807) is 37.4 Å².